The summed E-state index contributed by atoms with van der Waals surface area (Å²) in [6.07, 6.45) is -4.14. The van der Waals surface area contributed by atoms with Gasteiger partial charge >= 0.3 is 6.36 Å². The van der Waals surface area contributed by atoms with Crippen LogP contribution in [0.1, 0.15) is 12.0 Å². The zero-order valence-electron chi connectivity index (χ0n) is 17.1. The van der Waals surface area contributed by atoms with Crippen LogP contribution in [0.25, 0.3) is 10.4 Å². The van der Waals surface area contributed by atoms with Gasteiger partial charge in [-0.15, -0.1) is 24.5 Å². The van der Waals surface area contributed by atoms with Gasteiger partial charge in [-0.05, 0) is 59.7 Å². The van der Waals surface area contributed by atoms with Gasteiger partial charge in [-0.3, -0.25) is 4.90 Å². The lowest BCUT2D eigenvalue weighted by molar-refractivity contribution is -0.274. The summed E-state index contributed by atoms with van der Waals surface area (Å²) in [7, 11) is -3.72. The molecule has 0 spiro atoms. The molecule has 0 amide bonds. The molecule has 32 heavy (non-hydrogen) atoms. The van der Waals surface area contributed by atoms with Gasteiger partial charge in [0.25, 0.3) is 0 Å². The highest BCUT2D eigenvalue weighted by Crippen LogP contribution is 2.29. The van der Waals surface area contributed by atoms with Gasteiger partial charge in [-0.25, -0.2) is 8.42 Å². The van der Waals surface area contributed by atoms with Gasteiger partial charge in [0.05, 0.1) is 10.6 Å². The first-order valence-electron chi connectivity index (χ1n) is 10.1. The number of hydrogen-bond acceptors (Lipinski definition) is 5. The predicted molar refractivity (Wildman–Crippen MR) is 118 cm³/mol. The van der Waals surface area contributed by atoms with E-state index in [1.807, 2.05) is 11.4 Å². The number of likely N-dealkylation sites (tertiary alicyclic amines) is 1. The molecule has 2 heterocycles. The number of hydrogen-bond donors (Lipinski definition) is 0. The molecular weight excluding hydrogens is 459 g/mol. The molecule has 1 aliphatic rings. The van der Waals surface area contributed by atoms with Gasteiger partial charge in [-0.1, -0.05) is 36.4 Å². The van der Waals surface area contributed by atoms with Crippen LogP contribution in [0.2, 0.25) is 0 Å². The number of benzene rings is 2. The average Bonchev–Trinajstić information content (AvgIpc) is 3.40. The van der Waals surface area contributed by atoms with Crippen molar-refractivity contribution in [3.63, 3.8) is 0 Å². The van der Waals surface area contributed by atoms with Crippen LogP contribution in [0.3, 0.4) is 0 Å². The second kappa shape index (κ2) is 9.25. The van der Waals surface area contributed by atoms with Crippen LogP contribution in [-0.2, 0) is 16.4 Å². The number of alkyl halides is 3. The molecule has 170 valence electrons. The highest BCUT2D eigenvalue weighted by atomic mass is 32.2. The number of ether oxygens (including phenoxy) is 1. The van der Waals surface area contributed by atoms with E-state index in [4.69, 9.17) is 0 Å². The van der Waals surface area contributed by atoms with Crippen LogP contribution in [0.15, 0.2) is 70.9 Å². The SMILES string of the molecule is O=S(=O)(C[C@@H]1CCN(Cc2ccc(-c3cccs3)cc2)C1)c1cccc(OC(F)(F)F)c1. The topological polar surface area (TPSA) is 46.6 Å². The van der Waals surface area contributed by atoms with E-state index >= 15 is 0 Å². The van der Waals surface area contributed by atoms with Crippen molar-refractivity contribution in [3.8, 4) is 16.2 Å². The van der Waals surface area contributed by atoms with Crippen molar-refractivity contribution in [1.82, 2.24) is 4.90 Å². The van der Waals surface area contributed by atoms with Crippen molar-refractivity contribution in [2.75, 3.05) is 18.8 Å². The molecule has 1 saturated heterocycles. The summed E-state index contributed by atoms with van der Waals surface area (Å²) in [6.45, 7) is 2.14. The maximum absolute atomic E-state index is 12.8. The molecule has 1 aromatic heterocycles. The number of thiophene rings is 1. The molecule has 0 N–H and O–H groups in total. The molecule has 1 fully saturated rings. The first-order chi connectivity index (χ1) is 15.2. The predicted octanol–water partition coefficient (Wildman–Crippen LogP) is 5.61. The van der Waals surface area contributed by atoms with E-state index in [1.54, 1.807) is 11.3 Å². The van der Waals surface area contributed by atoms with Crippen molar-refractivity contribution in [1.29, 1.82) is 0 Å². The highest BCUT2D eigenvalue weighted by Gasteiger charge is 2.32. The Balaban J connectivity index is 1.35. The summed E-state index contributed by atoms with van der Waals surface area (Å²) in [5, 5.41) is 2.04. The Labute approximate surface area is 189 Å². The fourth-order valence-electron chi connectivity index (χ4n) is 3.94. The quantitative estimate of drug-likeness (QED) is 0.440. The lowest BCUT2D eigenvalue weighted by Gasteiger charge is -2.17. The van der Waals surface area contributed by atoms with Crippen LogP contribution in [0, 0.1) is 5.92 Å². The number of sulfone groups is 1. The molecular formula is C23H22F3NO3S2. The van der Waals surface area contributed by atoms with E-state index in [-0.39, 0.29) is 16.6 Å². The summed E-state index contributed by atoms with van der Waals surface area (Å²) >= 11 is 1.69. The summed E-state index contributed by atoms with van der Waals surface area (Å²) in [4.78, 5) is 3.28. The van der Waals surface area contributed by atoms with Crippen molar-refractivity contribution in [2.24, 2.45) is 5.92 Å². The molecule has 1 atom stereocenters. The number of halogens is 3. The third-order valence-electron chi connectivity index (χ3n) is 5.39. The third kappa shape index (κ3) is 5.90. The summed E-state index contributed by atoms with van der Waals surface area (Å²) in [6, 6.07) is 17.1. The molecule has 2 aromatic carbocycles. The smallest absolute Gasteiger partial charge is 0.406 e. The Morgan fingerprint density at radius 1 is 1.06 bits per heavy atom. The second-order valence-corrected chi connectivity index (χ2v) is 10.9. The molecule has 3 aromatic rings. The van der Waals surface area contributed by atoms with E-state index in [0.29, 0.717) is 6.54 Å². The lowest BCUT2D eigenvalue weighted by Crippen LogP contribution is -2.23. The Morgan fingerprint density at radius 2 is 1.84 bits per heavy atom. The standard InChI is InChI=1S/C23H22F3NO3S2/c24-23(25,26)30-20-3-1-4-21(13-20)32(28,29)16-18-10-11-27(15-18)14-17-6-8-19(9-7-17)22-5-2-12-31-22/h1-9,12-13,18H,10-11,14-16H2/t18-/m1/s1. The van der Waals surface area contributed by atoms with Crippen molar-refractivity contribution in [3.05, 3.63) is 71.6 Å². The van der Waals surface area contributed by atoms with E-state index in [2.05, 4.69) is 40.0 Å². The molecule has 0 aliphatic carbocycles. The minimum Gasteiger partial charge on any atom is -0.406 e. The zero-order valence-corrected chi connectivity index (χ0v) is 18.7. The summed E-state index contributed by atoms with van der Waals surface area (Å²) < 4.78 is 66.7. The first kappa shape index (κ1) is 22.8. The fourth-order valence-corrected chi connectivity index (χ4v) is 6.34. The van der Waals surface area contributed by atoms with Gasteiger partial charge in [0, 0.05) is 18.0 Å². The second-order valence-electron chi connectivity index (χ2n) is 7.87. The molecule has 0 bridgehead atoms. The minimum atomic E-state index is -4.86. The third-order valence-corrected chi connectivity index (χ3v) is 8.19. The molecule has 0 radical (unpaired) electrons. The molecule has 9 heteroatoms. The van der Waals surface area contributed by atoms with Crippen LogP contribution >= 0.6 is 11.3 Å². The van der Waals surface area contributed by atoms with Crippen molar-refractivity contribution in [2.45, 2.75) is 24.2 Å². The van der Waals surface area contributed by atoms with Gasteiger partial charge in [-0.2, -0.15) is 0 Å². The normalized spacial score (nSPS) is 17.5. The van der Waals surface area contributed by atoms with Gasteiger partial charge in [0.1, 0.15) is 5.75 Å². The molecule has 4 nitrogen and oxygen atoms in total. The molecule has 1 aliphatic heterocycles. The zero-order chi connectivity index (χ0) is 22.8. The van der Waals surface area contributed by atoms with Gasteiger partial charge in [0.2, 0.25) is 0 Å². The maximum atomic E-state index is 12.8. The Kier molecular flexibility index (Phi) is 6.60. The summed E-state index contributed by atoms with van der Waals surface area (Å²) in [5.74, 6) is -0.703. The number of rotatable bonds is 7. The van der Waals surface area contributed by atoms with Crippen LogP contribution in [0.5, 0.6) is 5.75 Å². The number of nitrogens with zero attached hydrogens (tertiary/aromatic N) is 1. The van der Waals surface area contributed by atoms with E-state index in [0.717, 1.165) is 37.2 Å². The molecule has 0 unspecified atom stereocenters. The van der Waals surface area contributed by atoms with E-state index in [9.17, 15) is 21.6 Å². The van der Waals surface area contributed by atoms with Crippen LogP contribution in [0.4, 0.5) is 13.2 Å². The van der Waals surface area contributed by atoms with Crippen LogP contribution in [-0.4, -0.2) is 38.5 Å². The minimum absolute atomic E-state index is 0.0717. The van der Waals surface area contributed by atoms with Crippen LogP contribution < -0.4 is 4.74 Å². The fraction of sp³-hybridized carbons (Fsp3) is 0.304. The Bertz CT molecular complexity index is 1140. The Morgan fingerprint density at radius 3 is 2.53 bits per heavy atom. The van der Waals surface area contributed by atoms with Gasteiger partial charge < -0.3 is 4.74 Å². The Hall–Kier alpha value is -2.36. The maximum Gasteiger partial charge on any atom is 0.573 e. The average molecular weight is 482 g/mol. The molecule has 0 saturated carbocycles. The summed E-state index contributed by atoms with van der Waals surface area (Å²) in [5.41, 5.74) is 2.33. The first-order valence-corrected chi connectivity index (χ1v) is 12.6. The lowest BCUT2D eigenvalue weighted by atomic mass is 10.1. The van der Waals surface area contributed by atoms with E-state index in [1.165, 1.54) is 22.6 Å². The molecule has 4 rings (SSSR count). The highest BCUT2D eigenvalue weighted by molar-refractivity contribution is 7.91. The van der Waals surface area contributed by atoms with Crippen molar-refractivity contribution >= 4 is 21.2 Å². The largest absolute Gasteiger partial charge is 0.573 e. The monoisotopic (exact) mass is 481 g/mol. The van der Waals surface area contributed by atoms with E-state index < -0.39 is 21.9 Å². The van der Waals surface area contributed by atoms with Gasteiger partial charge in [0.15, 0.2) is 9.84 Å². The van der Waals surface area contributed by atoms with Crippen molar-refractivity contribution < 1.29 is 26.3 Å².